The topological polar surface area (TPSA) is 93.5 Å². The predicted molar refractivity (Wildman–Crippen MR) is 126 cm³/mol. The molecule has 0 unspecified atom stereocenters. The number of nitrogens with one attached hydrogen (secondary N) is 1. The number of likely N-dealkylation sites (tertiary alicyclic amines) is 1. The molecule has 0 aliphatic carbocycles. The van der Waals surface area contributed by atoms with E-state index in [0.717, 1.165) is 11.3 Å². The molecular formula is C25H25ClN4O3. The molecule has 0 saturated carbocycles. The maximum Gasteiger partial charge on any atom is 0.228 e. The maximum atomic E-state index is 13.0. The Morgan fingerprint density at radius 1 is 1.09 bits per heavy atom. The minimum atomic E-state index is -0.357. The molecule has 2 heterocycles. The lowest BCUT2D eigenvalue weighted by Gasteiger charge is -2.33. The fourth-order valence-electron chi connectivity index (χ4n) is 4.40. The molecule has 2 fully saturated rings. The van der Waals surface area contributed by atoms with Crippen molar-refractivity contribution in [2.75, 3.05) is 29.9 Å². The number of halogens is 1. The molecular weight excluding hydrogens is 440 g/mol. The molecule has 7 nitrogen and oxygen atoms in total. The zero-order valence-corrected chi connectivity index (χ0v) is 19.1. The summed E-state index contributed by atoms with van der Waals surface area (Å²) in [6, 6.07) is 14.5. The highest BCUT2D eigenvalue weighted by Gasteiger charge is 2.38. The summed E-state index contributed by atoms with van der Waals surface area (Å²) in [6.07, 6.45) is 1.33. The van der Waals surface area contributed by atoms with E-state index in [0.29, 0.717) is 48.7 Å². The molecule has 2 aliphatic heterocycles. The summed E-state index contributed by atoms with van der Waals surface area (Å²) in [5, 5.41) is 12.1. The third-order valence-corrected chi connectivity index (χ3v) is 6.67. The van der Waals surface area contributed by atoms with Crippen LogP contribution in [0.25, 0.3) is 0 Å². The monoisotopic (exact) mass is 464 g/mol. The van der Waals surface area contributed by atoms with Gasteiger partial charge in [-0.15, -0.1) is 0 Å². The number of amides is 3. The van der Waals surface area contributed by atoms with E-state index in [-0.39, 0.29) is 36.0 Å². The molecule has 0 aromatic heterocycles. The number of piperidine rings is 1. The van der Waals surface area contributed by atoms with Crippen LogP contribution in [0.4, 0.5) is 11.4 Å². The summed E-state index contributed by atoms with van der Waals surface area (Å²) in [5.41, 5.74) is 2.84. The van der Waals surface area contributed by atoms with Crippen LogP contribution < -0.4 is 10.2 Å². The Morgan fingerprint density at radius 3 is 2.42 bits per heavy atom. The zero-order chi connectivity index (χ0) is 23.5. The predicted octanol–water partition coefficient (Wildman–Crippen LogP) is 3.75. The standard InChI is InChI=1S/C25H25ClN4O3/c1-16-2-6-21(7-3-16)30-15-19(12-23(30)31)25(33)29-10-8-17(9-11-29)24(32)28-20-5-4-18(14-27)22(26)13-20/h2-7,13,17,19H,8-12,15H2,1H3,(H,28,32)/t19-/m0/s1. The number of benzene rings is 2. The first-order valence-electron chi connectivity index (χ1n) is 11.0. The number of carbonyl (C=O) groups is 3. The Labute approximate surface area is 197 Å². The average molecular weight is 465 g/mol. The van der Waals surface area contributed by atoms with Crippen LogP contribution in [0.15, 0.2) is 42.5 Å². The van der Waals surface area contributed by atoms with Crippen LogP contribution in [0, 0.1) is 30.1 Å². The maximum absolute atomic E-state index is 13.0. The number of nitrogens with zero attached hydrogens (tertiary/aromatic N) is 3. The molecule has 0 bridgehead atoms. The van der Waals surface area contributed by atoms with Crippen molar-refractivity contribution in [1.82, 2.24) is 4.90 Å². The van der Waals surface area contributed by atoms with E-state index in [2.05, 4.69) is 5.32 Å². The van der Waals surface area contributed by atoms with Crippen molar-refractivity contribution in [3.05, 3.63) is 58.6 Å². The highest BCUT2D eigenvalue weighted by Crippen LogP contribution is 2.29. The van der Waals surface area contributed by atoms with Gasteiger partial charge in [-0.1, -0.05) is 29.3 Å². The van der Waals surface area contributed by atoms with Gasteiger partial charge in [0.15, 0.2) is 0 Å². The van der Waals surface area contributed by atoms with Gasteiger partial charge in [-0.2, -0.15) is 5.26 Å². The Balaban J connectivity index is 1.30. The van der Waals surface area contributed by atoms with Crippen molar-refractivity contribution >= 4 is 40.7 Å². The molecule has 2 aromatic rings. The molecule has 8 heteroatoms. The van der Waals surface area contributed by atoms with Crippen molar-refractivity contribution in [2.24, 2.45) is 11.8 Å². The lowest BCUT2D eigenvalue weighted by Crippen LogP contribution is -2.44. The lowest BCUT2D eigenvalue weighted by molar-refractivity contribution is -0.138. The van der Waals surface area contributed by atoms with Crippen molar-refractivity contribution in [3.8, 4) is 6.07 Å². The van der Waals surface area contributed by atoms with E-state index in [1.807, 2.05) is 37.3 Å². The molecule has 2 saturated heterocycles. The number of nitriles is 1. The van der Waals surface area contributed by atoms with Gasteiger partial charge in [-0.3, -0.25) is 14.4 Å². The summed E-state index contributed by atoms with van der Waals surface area (Å²) in [7, 11) is 0. The second kappa shape index (κ2) is 9.63. The lowest BCUT2D eigenvalue weighted by atomic mass is 9.94. The molecule has 0 radical (unpaired) electrons. The second-order valence-electron chi connectivity index (χ2n) is 8.64. The number of rotatable bonds is 4. The molecule has 33 heavy (non-hydrogen) atoms. The average Bonchev–Trinajstić information content (AvgIpc) is 3.21. The highest BCUT2D eigenvalue weighted by atomic mass is 35.5. The Bertz CT molecular complexity index is 1120. The van der Waals surface area contributed by atoms with E-state index >= 15 is 0 Å². The van der Waals surface area contributed by atoms with Crippen molar-refractivity contribution in [1.29, 1.82) is 5.26 Å². The van der Waals surface area contributed by atoms with E-state index < -0.39 is 0 Å². The van der Waals surface area contributed by atoms with E-state index in [1.54, 1.807) is 28.0 Å². The molecule has 2 aliphatic rings. The van der Waals surface area contributed by atoms with E-state index in [4.69, 9.17) is 16.9 Å². The van der Waals surface area contributed by atoms with Crippen LogP contribution in [-0.2, 0) is 14.4 Å². The first kappa shape index (κ1) is 22.8. The summed E-state index contributed by atoms with van der Waals surface area (Å²) in [6.45, 7) is 3.35. The van der Waals surface area contributed by atoms with Gasteiger partial charge in [0.25, 0.3) is 0 Å². The van der Waals surface area contributed by atoms with Gasteiger partial charge in [-0.25, -0.2) is 0 Å². The normalized spacial score (nSPS) is 18.8. The van der Waals surface area contributed by atoms with E-state index in [1.165, 1.54) is 0 Å². The number of hydrogen-bond donors (Lipinski definition) is 1. The fourth-order valence-corrected chi connectivity index (χ4v) is 4.62. The molecule has 1 atom stereocenters. The van der Waals surface area contributed by atoms with Crippen molar-refractivity contribution in [2.45, 2.75) is 26.2 Å². The number of anilines is 2. The summed E-state index contributed by atoms with van der Waals surface area (Å²) >= 11 is 6.04. The minimum Gasteiger partial charge on any atom is -0.342 e. The second-order valence-corrected chi connectivity index (χ2v) is 9.04. The van der Waals surface area contributed by atoms with Gasteiger partial charge in [0.05, 0.1) is 16.5 Å². The largest absolute Gasteiger partial charge is 0.342 e. The van der Waals surface area contributed by atoms with E-state index in [9.17, 15) is 14.4 Å². The Kier molecular flexibility index (Phi) is 6.66. The zero-order valence-electron chi connectivity index (χ0n) is 18.4. The Morgan fingerprint density at radius 2 is 1.79 bits per heavy atom. The summed E-state index contributed by atoms with van der Waals surface area (Å²) in [5.74, 6) is -0.740. The van der Waals surface area contributed by atoms with Gasteiger partial charge in [-0.05, 0) is 50.1 Å². The van der Waals surface area contributed by atoms with Crippen LogP contribution in [-0.4, -0.2) is 42.3 Å². The minimum absolute atomic E-state index is 0.0179. The van der Waals surface area contributed by atoms with Crippen LogP contribution in [0.3, 0.4) is 0 Å². The molecule has 1 N–H and O–H groups in total. The molecule has 0 spiro atoms. The van der Waals surface area contributed by atoms with Gasteiger partial charge in [0.1, 0.15) is 6.07 Å². The SMILES string of the molecule is Cc1ccc(N2C[C@@H](C(=O)N3CCC(C(=O)Nc4ccc(C#N)c(Cl)c4)CC3)CC2=O)cc1. The molecule has 2 aromatic carbocycles. The third kappa shape index (κ3) is 5.01. The summed E-state index contributed by atoms with van der Waals surface area (Å²) < 4.78 is 0. The molecule has 3 amide bonds. The van der Waals surface area contributed by atoms with Crippen LogP contribution in [0.1, 0.15) is 30.4 Å². The third-order valence-electron chi connectivity index (χ3n) is 6.35. The number of carbonyl (C=O) groups excluding carboxylic acids is 3. The van der Waals surface area contributed by atoms with Gasteiger partial charge in [0, 0.05) is 43.3 Å². The van der Waals surface area contributed by atoms with Crippen LogP contribution in [0.5, 0.6) is 0 Å². The van der Waals surface area contributed by atoms with Crippen LogP contribution in [0.2, 0.25) is 5.02 Å². The van der Waals surface area contributed by atoms with Gasteiger partial charge >= 0.3 is 0 Å². The fraction of sp³-hybridized carbons (Fsp3) is 0.360. The number of hydrogen-bond acceptors (Lipinski definition) is 4. The molecule has 4 rings (SSSR count). The molecule has 170 valence electrons. The van der Waals surface area contributed by atoms with Crippen molar-refractivity contribution < 1.29 is 14.4 Å². The smallest absolute Gasteiger partial charge is 0.228 e. The Hall–Kier alpha value is -3.37. The summed E-state index contributed by atoms with van der Waals surface area (Å²) in [4.78, 5) is 41.7. The number of aryl methyl sites for hydroxylation is 1. The first-order chi connectivity index (χ1) is 15.9. The highest BCUT2D eigenvalue weighted by molar-refractivity contribution is 6.32. The quantitative estimate of drug-likeness (QED) is 0.745. The first-order valence-corrected chi connectivity index (χ1v) is 11.4. The van der Waals surface area contributed by atoms with Crippen LogP contribution >= 0.6 is 11.6 Å². The van der Waals surface area contributed by atoms with Gasteiger partial charge in [0.2, 0.25) is 17.7 Å². The van der Waals surface area contributed by atoms with Crippen molar-refractivity contribution in [3.63, 3.8) is 0 Å². The van der Waals surface area contributed by atoms with Gasteiger partial charge < -0.3 is 15.1 Å².